The van der Waals surface area contributed by atoms with E-state index in [4.69, 9.17) is 0 Å². The number of carbonyl (C=O) groups excluding carboxylic acids is 2. The highest BCUT2D eigenvalue weighted by Gasteiger charge is 2.27. The van der Waals surface area contributed by atoms with Crippen LogP contribution in [0.25, 0.3) is 0 Å². The lowest BCUT2D eigenvalue weighted by Crippen LogP contribution is -2.42. The molecule has 0 aromatic carbocycles. The van der Waals surface area contributed by atoms with Crippen LogP contribution in [0, 0.1) is 5.92 Å². The van der Waals surface area contributed by atoms with Gasteiger partial charge in [0.1, 0.15) is 0 Å². The molecule has 0 bridgehead atoms. The van der Waals surface area contributed by atoms with E-state index in [9.17, 15) is 9.59 Å². The van der Waals surface area contributed by atoms with Crippen molar-refractivity contribution < 1.29 is 9.59 Å². The third kappa shape index (κ3) is 3.92. The molecule has 2 heterocycles. The number of piperidine rings is 1. The lowest BCUT2D eigenvalue weighted by atomic mass is 9.97. The Morgan fingerprint density at radius 3 is 3.00 bits per heavy atom. The summed E-state index contributed by atoms with van der Waals surface area (Å²) in [6.45, 7) is 4.83. The Morgan fingerprint density at radius 1 is 1.50 bits per heavy atom. The second-order valence-electron chi connectivity index (χ2n) is 4.60. The van der Waals surface area contributed by atoms with Crippen LogP contribution in [0.5, 0.6) is 0 Å². The Kier molecular flexibility index (Phi) is 5.36. The number of amides is 2. The van der Waals surface area contributed by atoms with Crippen LogP contribution >= 0.6 is 23.1 Å². The fourth-order valence-electron chi connectivity index (χ4n) is 2.13. The molecule has 2 rings (SSSR count). The van der Waals surface area contributed by atoms with Crippen LogP contribution in [0.4, 0.5) is 5.13 Å². The molecule has 20 heavy (non-hydrogen) atoms. The molecule has 2 amide bonds. The normalized spacial score (nSPS) is 18.9. The monoisotopic (exact) mass is 314 g/mol. The average Bonchev–Trinajstić information content (AvgIpc) is 2.86. The maximum atomic E-state index is 12.2. The SMILES string of the molecule is CCSc1nnc(NC(=O)C2CCCN(C(C)=O)C2)s1. The number of rotatable bonds is 4. The zero-order valence-corrected chi connectivity index (χ0v) is 13.2. The molecule has 1 N–H and O–H groups in total. The van der Waals surface area contributed by atoms with Crippen molar-refractivity contribution >= 4 is 40.0 Å². The van der Waals surface area contributed by atoms with Gasteiger partial charge >= 0.3 is 0 Å². The summed E-state index contributed by atoms with van der Waals surface area (Å²) in [7, 11) is 0. The van der Waals surface area contributed by atoms with Gasteiger partial charge in [-0.15, -0.1) is 10.2 Å². The summed E-state index contributed by atoms with van der Waals surface area (Å²) in [5.41, 5.74) is 0. The molecule has 8 heteroatoms. The standard InChI is InChI=1S/C12H18N4O2S2/c1-3-19-12-15-14-11(20-12)13-10(18)9-5-4-6-16(7-9)8(2)17/h9H,3-7H2,1-2H3,(H,13,14,18). The van der Waals surface area contributed by atoms with E-state index >= 15 is 0 Å². The predicted octanol–water partition coefficient (Wildman–Crippen LogP) is 1.85. The average molecular weight is 314 g/mol. The molecule has 1 aromatic rings. The quantitative estimate of drug-likeness (QED) is 0.678. The number of likely N-dealkylation sites (tertiary alicyclic amines) is 1. The molecular formula is C12H18N4O2S2. The molecule has 1 aliphatic heterocycles. The van der Waals surface area contributed by atoms with Gasteiger partial charge < -0.3 is 10.2 Å². The molecule has 1 aromatic heterocycles. The minimum absolute atomic E-state index is 0.0278. The molecule has 1 saturated heterocycles. The van der Waals surface area contributed by atoms with Crippen molar-refractivity contribution in [1.29, 1.82) is 0 Å². The molecule has 1 atom stereocenters. The van der Waals surface area contributed by atoms with Gasteiger partial charge in [0, 0.05) is 20.0 Å². The zero-order valence-electron chi connectivity index (χ0n) is 11.6. The minimum atomic E-state index is -0.154. The van der Waals surface area contributed by atoms with E-state index in [2.05, 4.69) is 15.5 Å². The van der Waals surface area contributed by atoms with Crippen LogP contribution in [-0.4, -0.2) is 45.8 Å². The molecule has 0 aliphatic carbocycles. The first kappa shape index (κ1) is 15.2. The van der Waals surface area contributed by atoms with E-state index in [-0.39, 0.29) is 17.7 Å². The second kappa shape index (κ2) is 7.03. The Bertz CT molecular complexity index is 492. The summed E-state index contributed by atoms with van der Waals surface area (Å²) in [6, 6.07) is 0. The smallest absolute Gasteiger partial charge is 0.231 e. The van der Waals surface area contributed by atoms with Gasteiger partial charge in [0.15, 0.2) is 4.34 Å². The Balaban J connectivity index is 1.91. The van der Waals surface area contributed by atoms with Gasteiger partial charge in [0.2, 0.25) is 16.9 Å². The highest BCUT2D eigenvalue weighted by molar-refractivity contribution is 8.01. The van der Waals surface area contributed by atoms with Gasteiger partial charge in [-0.3, -0.25) is 9.59 Å². The van der Waals surface area contributed by atoms with Crippen LogP contribution in [0.2, 0.25) is 0 Å². The molecule has 6 nitrogen and oxygen atoms in total. The zero-order chi connectivity index (χ0) is 14.5. The summed E-state index contributed by atoms with van der Waals surface area (Å²) in [5, 5.41) is 11.3. The molecule has 0 spiro atoms. The van der Waals surface area contributed by atoms with Gasteiger partial charge in [-0.2, -0.15) is 0 Å². The second-order valence-corrected chi connectivity index (χ2v) is 7.09. The van der Waals surface area contributed by atoms with E-state index < -0.39 is 0 Å². The van der Waals surface area contributed by atoms with E-state index in [0.717, 1.165) is 29.5 Å². The number of anilines is 1. The molecule has 0 radical (unpaired) electrons. The van der Waals surface area contributed by atoms with Crippen LogP contribution in [0.1, 0.15) is 26.7 Å². The lowest BCUT2D eigenvalue weighted by molar-refractivity contribution is -0.132. The molecule has 110 valence electrons. The van der Waals surface area contributed by atoms with Crippen molar-refractivity contribution in [3.63, 3.8) is 0 Å². The van der Waals surface area contributed by atoms with Gasteiger partial charge in [0.25, 0.3) is 0 Å². The summed E-state index contributed by atoms with van der Waals surface area (Å²) in [5.74, 6) is 0.734. The van der Waals surface area contributed by atoms with E-state index in [1.807, 2.05) is 6.92 Å². The molecule has 1 unspecified atom stereocenters. The van der Waals surface area contributed by atoms with Gasteiger partial charge in [0.05, 0.1) is 5.92 Å². The third-order valence-corrected chi connectivity index (χ3v) is 5.00. The summed E-state index contributed by atoms with van der Waals surface area (Å²) in [4.78, 5) is 25.3. The van der Waals surface area contributed by atoms with Crippen LogP contribution in [-0.2, 0) is 9.59 Å². The largest absolute Gasteiger partial charge is 0.342 e. The minimum Gasteiger partial charge on any atom is -0.342 e. The Labute approximate surface area is 126 Å². The van der Waals surface area contributed by atoms with Crippen molar-refractivity contribution in [2.45, 2.75) is 31.0 Å². The first-order valence-electron chi connectivity index (χ1n) is 6.62. The van der Waals surface area contributed by atoms with Crippen molar-refractivity contribution in [1.82, 2.24) is 15.1 Å². The van der Waals surface area contributed by atoms with Crippen molar-refractivity contribution in [3.05, 3.63) is 0 Å². The van der Waals surface area contributed by atoms with Gasteiger partial charge in [-0.1, -0.05) is 30.0 Å². The number of aromatic nitrogens is 2. The van der Waals surface area contributed by atoms with E-state index in [0.29, 0.717) is 11.7 Å². The lowest BCUT2D eigenvalue weighted by Gasteiger charge is -2.30. The maximum Gasteiger partial charge on any atom is 0.231 e. The predicted molar refractivity (Wildman–Crippen MR) is 79.9 cm³/mol. The fourth-order valence-corrected chi connectivity index (χ4v) is 3.78. The fraction of sp³-hybridized carbons (Fsp3) is 0.667. The summed E-state index contributed by atoms with van der Waals surface area (Å²) >= 11 is 2.99. The van der Waals surface area contributed by atoms with Gasteiger partial charge in [-0.25, -0.2) is 0 Å². The maximum absolute atomic E-state index is 12.2. The van der Waals surface area contributed by atoms with Crippen molar-refractivity contribution in [2.75, 3.05) is 24.2 Å². The van der Waals surface area contributed by atoms with Crippen LogP contribution in [0.15, 0.2) is 4.34 Å². The van der Waals surface area contributed by atoms with Crippen LogP contribution in [0.3, 0.4) is 0 Å². The highest BCUT2D eigenvalue weighted by atomic mass is 32.2. The summed E-state index contributed by atoms with van der Waals surface area (Å²) in [6.07, 6.45) is 1.68. The van der Waals surface area contributed by atoms with Crippen molar-refractivity contribution in [2.24, 2.45) is 5.92 Å². The number of hydrogen-bond acceptors (Lipinski definition) is 6. The Morgan fingerprint density at radius 2 is 2.30 bits per heavy atom. The Hall–Kier alpha value is -1.15. The number of hydrogen-bond donors (Lipinski definition) is 1. The first-order chi connectivity index (χ1) is 9.60. The number of nitrogens with one attached hydrogen (secondary N) is 1. The first-order valence-corrected chi connectivity index (χ1v) is 8.43. The molecule has 1 aliphatic rings. The number of carbonyl (C=O) groups is 2. The van der Waals surface area contributed by atoms with E-state index in [1.165, 1.54) is 11.3 Å². The number of nitrogens with zero attached hydrogens (tertiary/aromatic N) is 3. The molecular weight excluding hydrogens is 296 g/mol. The molecule has 1 fully saturated rings. The van der Waals surface area contributed by atoms with Crippen molar-refractivity contribution in [3.8, 4) is 0 Å². The molecule has 0 saturated carbocycles. The topological polar surface area (TPSA) is 75.2 Å². The highest BCUT2D eigenvalue weighted by Crippen LogP contribution is 2.26. The third-order valence-electron chi connectivity index (χ3n) is 3.14. The van der Waals surface area contributed by atoms with E-state index in [1.54, 1.807) is 23.6 Å². The van der Waals surface area contributed by atoms with Gasteiger partial charge in [-0.05, 0) is 18.6 Å². The van der Waals surface area contributed by atoms with Crippen LogP contribution < -0.4 is 5.32 Å². The summed E-state index contributed by atoms with van der Waals surface area (Å²) < 4.78 is 0.858. The number of thioether (sulfide) groups is 1.